The second-order valence-electron chi connectivity index (χ2n) is 5.29. The Morgan fingerprint density at radius 1 is 1.26 bits per heavy atom. The number of carbonyl (C=O) groups is 4. The van der Waals surface area contributed by atoms with E-state index in [0.29, 0.717) is 17.1 Å². The number of hydrogen-bond acceptors (Lipinski definition) is 5. The minimum absolute atomic E-state index is 0.181. The molecule has 0 unspecified atom stereocenters. The first kappa shape index (κ1) is 16.7. The third kappa shape index (κ3) is 3.58. The van der Waals surface area contributed by atoms with Crippen molar-refractivity contribution >= 4 is 23.8 Å². The van der Waals surface area contributed by atoms with Gasteiger partial charge in [-0.25, -0.2) is 9.69 Å². The summed E-state index contributed by atoms with van der Waals surface area (Å²) in [5, 5.41) is 2.61. The minimum Gasteiger partial charge on any atom is -0.467 e. The number of nitrogens with one attached hydrogen (secondary N) is 1. The standard InChI is InChI=1S/C15H19N3O5/c1-3-4-7-17-13(20)14(21)18(15(17)22)9-12(19)16-10(2)11-6-5-8-23-11/h5-6,8,10H,3-4,7,9H2,1-2H3,(H,16,19)/t10-/m1/s1. The normalized spacial score (nSPS) is 16.2. The highest BCUT2D eigenvalue weighted by molar-refractivity contribution is 6.45. The van der Waals surface area contributed by atoms with Gasteiger partial charge in [0.1, 0.15) is 12.3 Å². The summed E-state index contributed by atoms with van der Waals surface area (Å²) >= 11 is 0. The fourth-order valence-electron chi connectivity index (χ4n) is 2.24. The van der Waals surface area contributed by atoms with Crippen LogP contribution in [0, 0.1) is 0 Å². The number of hydrogen-bond donors (Lipinski definition) is 1. The van der Waals surface area contributed by atoms with Crippen molar-refractivity contribution in [3.05, 3.63) is 24.2 Å². The lowest BCUT2D eigenvalue weighted by Gasteiger charge is -2.16. The maximum atomic E-state index is 12.1. The van der Waals surface area contributed by atoms with Gasteiger partial charge in [-0.2, -0.15) is 0 Å². The molecule has 2 heterocycles. The Labute approximate surface area is 133 Å². The fraction of sp³-hybridized carbons (Fsp3) is 0.467. The number of amides is 5. The van der Waals surface area contributed by atoms with Crippen molar-refractivity contribution in [2.75, 3.05) is 13.1 Å². The maximum absolute atomic E-state index is 12.1. The number of carbonyl (C=O) groups excluding carboxylic acids is 4. The van der Waals surface area contributed by atoms with E-state index in [0.717, 1.165) is 11.3 Å². The first-order valence-electron chi connectivity index (χ1n) is 7.45. The topological polar surface area (TPSA) is 99.9 Å². The summed E-state index contributed by atoms with van der Waals surface area (Å²) in [4.78, 5) is 49.3. The number of nitrogens with zero attached hydrogens (tertiary/aromatic N) is 2. The number of urea groups is 1. The van der Waals surface area contributed by atoms with Gasteiger partial charge >= 0.3 is 17.8 Å². The molecule has 8 nitrogen and oxygen atoms in total. The van der Waals surface area contributed by atoms with Gasteiger partial charge in [-0.05, 0) is 25.5 Å². The average molecular weight is 321 g/mol. The zero-order valence-corrected chi connectivity index (χ0v) is 13.1. The number of furan rings is 1. The van der Waals surface area contributed by atoms with E-state index in [1.165, 1.54) is 6.26 Å². The molecule has 1 atom stereocenters. The van der Waals surface area contributed by atoms with Crippen LogP contribution in [0.4, 0.5) is 4.79 Å². The Bertz CT molecular complexity index is 611. The summed E-state index contributed by atoms with van der Waals surface area (Å²) < 4.78 is 5.16. The summed E-state index contributed by atoms with van der Waals surface area (Å²) in [6.07, 6.45) is 2.88. The molecule has 124 valence electrons. The molecule has 5 amide bonds. The van der Waals surface area contributed by atoms with E-state index in [4.69, 9.17) is 4.42 Å². The molecule has 2 rings (SSSR count). The zero-order valence-electron chi connectivity index (χ0n) is 13.1. The van der Waals surface area contributed by atoms with Crippen LogP contribution in [0.3, 0.4) is 0 Å². The van der Waals surface area contributed by atoms with Gasteiger partial charge in [0, 0.05) is 6.54 Å². The third-order valence-corrected chi connectivity index (χ3v) is 3.52. The Kier molecular flexibility index (Phi) is 5.15. The Morgan fingerprint density at radius 2 is 1.96 bits per heavy atom. The molecule has 0 radical (unpaired) electrons. The largest absolute Gasteiger partial charge is 0.467 e. The molecule has 1 N–H and O–H groups in total. The summed E-state index contributed by atoms with van der Waals surface area (Å²) in [6.45, 7) is 3.31. The molecule has 1 fully saturated rings. The van der Waals surface area contributed by atoms with Crippen molar-refractivity contribution in [2.45, 2.75) is 32.7 Å². The van der Waals surface area contributed by atoms with E-state index in [-0.39, 0.29) is 6.54 Å². The van der Waals surface area contributed by atoms with Crippen molar-refractivity contribution in [1.82, 2.24) is 15.1 Å². The van der Waals surface area contributed by atoms with Crippen LogP contribution < -0.4 is 5.32 Å². The molecular weight excluding hydrogens is 302 g/mol. The van der Waals surface area contributed by atoms with Crippen LogP contribution in [0.1, 0.15) is 38.5 Å². The SMILES string of the molecule is CCCCN1C(=O)C(=O)N(CC(=O)N[C@H](C)c2ccco2)C1=O. The van der Waals surface area contributed by atoms with Gasteiger partial charge in [0.2, 0.25) is 5.91 Å². The predicted molar refractivity (Wildman–Crippen MR) is 79.0 cm³/mol. The smallest absolute Gasteiger partial charge is 0.334 e. The summed E-state index contributed by atoms with van der Waals surface area (Å²) in [7, 11) is 0. The molecule has 8 heteroatoms. The van der Waals surface area contributed by atoms with Crippen LogP contribution in [0.5, 0.6) is 0 Å². The lowest BCUT2D eigenvalue weighted by atomic mass is 10.2. The Morgan fingerprint density at radius 3 is 2.57 bits per heavy atom. The molecular formula is C15H19N3O5. The molecule has 0 bridgehead atoms. The molecule has 0 saturated carbocycles. The molecule has 0 aliphatic carbocycles. The van der Waals surface area contributed by atoms with E-state index in [9.17, 15) is 19.2 Å². The van der Waals surface area contributed by atoms with Gasteiger partial charge in [0.15, 0.2) is 0 Å². The van der Waals surface area contributed by atoms with Crippen molar-refractivity contribution < 1.29 is 23.6 Å². The Balaban J connectivity index is 1.96. The molecule has 1 saturated heterocycles. The van der Waals surface area contributed by atoms with Crippen LogP contribution in [0.15, 0.2) is 22.8 Å². The number of imide groups is 2. The van der Waals surface area contributed by atoms with Crippen molar-refractivity contribution in [2.24, 2.45) is 0 Å². The highest BCUT2D eigenvalue weighted by atomic mass is 16.3. The highest BCUT2D eigenvalue weighted by Gasteiger charge is 2.44. The fourth-order valence-corrected chi connectivity index (χ4v) is 2.24. The van der Waals surface area contributed by atoms with Crippen molar-refractivity contribution in [3.63, 3.8) is 0 Å². The number of rotatable bonds is 7. The average Bonchev–Trinajstić information content (AvgIpc) is 3.11. The van der Waals surface area contributed by atoms with E-state index >= 15 is 0 Å². The first-order chi connectivity index (χ1) is 11.0. The lowest BCUT2D eigenvalue weighted by Crippen LogP contribution is -2.42. The van der Waals surface area contributed by atoms with Crippen LogP contribution in [0.25, 0.3) is 0 Å². The van der Waals surface area contributed by atoms with E-state index < -0.39 is 36.3 Å². The van der Waals surface area contributed by atoms with Gasteiger partial charge in [-0.3, -0.25) is 19.3 Å². The minimum atomic E-state index is -0.966. The van der Waals surface area contributed by atoms with Crippen molar-refractivity contribution in [1.29, 1.82) is 0 Å². The lowest BCUT2D eigenvalue weighted by molar-refractivity contribution is -0.144. The molecule has 0 aromatic carbocycles. The van der Waals surface area contributed by atoms with E-state index in [2.05, 4.69) is 5.32 Å². The van der Waals surface area contributed by atoms with E-state index in [1.54, 1.807) is 19.1 Å². The van der Waals surface area contributed by atoms with Crippen LogP contribution in [0.2, 0.25) is 0 Å². The molecule has 0 spiro atoms. The van der Waals surface area contributed by atoms with Gasteiger partial charge in [-0.15, -0.1) is 0 Å². The van der Waals surface area contributed by atoms with E-state index in [1.807, 2.05) is 6.92 Å². The quantitative estimate of drug-likeness (QED) is 0.597. The second kappa shape index (κ2) is 7.08. The van der Waals surface area contributed by atoms with Gasteiger partial charge < -0.3 is 9.73 Å². The van der Waals surface area contributed by atoms with Gasteiger partial charge in [0.05, 0.1) is 12.3 Å². The van der Waals surface area contributed by atoms with Crippen LogP contribution in [-0.2, 0) is 14.4 Å². The zero-order chi connectivity index (χ0) is 17.0. The van der Waals surface area contributed by atoms with Crippen LogP contribution in [-0.4, -0.2) is 46.6 Å². The second-order valence-corrected chi connectivity index (χ2v) is 5.29. The first-order valence-corrected chi connectivity index (χ1v) is 7.45. The maximum Gasteiger partial charge on any atom is 0.334 e. The Hall–Kier alpha value is -2.64. The van der Waals surface area contributed by atoms with Gasteiger partial charge in [0.25, 0.3) is 0 Å². The van der Waals surface area contributed by atoms with Crippen LogP contribution >= 0.6 is 0 Å². The van der Waals surface area contributed by atoms with Crippen molar-refractivity contribution in [3.8, 4) is 0 Å². The molecule has 23 heavy (non-hydrogen) atoms. The third-order valence-electron chi connectivity index (χ3n) is 3.52. The molecule has 1 aliphatic heterocycles. The molecule has 1 aromatic rings. The highest BCUT2D eigenvalue weighted by Crippen LogP contribution is 2.14. The monoisotopic (exact) mass is 321 g/mol. The number of unbranched alkanes of at least 4 members (excludes halogenated alkanes) is 1. The predicted octanol–water partition coefficient (Wildman–Crippen LogP) is 1.05. The summed E-state index contributed by atoms with van der Waals surface area (Å²) in [6, 6.07) is 2.24. The summed E-state index contributed by atoms with van der Waals surface area (Å²) in [5.41, 5.74) is 0. The van der Waals surface area contributed by atoms with Gasteiger partial charge in [-0.1, -0.05) is 13.3 Å². The molecule has 1 aromatic heterocycles. The molecule has 1 aliphatic rings. The summed E-state index contributed by atoms with van der Waals surface area (Å²) in [5.74, 6) is -1.83.